The van der Waals surface area contributed by atoms with Crippen molar-refractivity contribution in [3.8, 4) is 0 Å². The minimum Gasteiger partial charge on any atom is -0.465 e. The molecule has 0 atom stereocenters. The van der Waals surface area contributed by atoms with Gasteiger partial charge in [-0.2, -0.15) is 0 Å². The van der Waals surface area contributed by atoms with E-state index >= 15 is 0 Å². The summed E-state index contributed by atoms with van der Waals surface area (Å²) in [6.07, 6.45) is 2.06. The number of methoxy groups -OCH3 is 1. The van der Waals surface area contributed by atoms with Gasteiger partial charge < -0.3 is 9.30 Å². The van der Waals surface area contributed by atoms with Crippen LogP contribution < -0.4 is 0 Å². The smallest absolute Gasteiger partial charge is 0.338 e. The summed E-state index contributed by atoms with van der Waals surface area (Å²) in [6, 6.07) is 15.9. The molecular formula is C18H17NO2. The average Bonchev–Trinajstić information content (AvgIpc) is 2.92. The van der Waals surface area contributed by atoms with Crippen LogP contribution in [0.25, 0.3) is 10.9 Å². The number of rotatable bonds is 3. The van der Waals surface area contributed by atoms with E-state index in [1.807, 2.05) is 18.2 Å². The van der Waals surface area contributed by atoms with Crippen molar-refractivity contribution in [3.63, 3.8) is 0 Å². The lowest BCUT2D eigenvalue weighted by Gasteiger charge is -2.10. The van der Waals surface area contributed by atoms with Crippen LogP contribution >= 0.6 is 0 Å². The monoisotopic (exact) mass is 279 g/mol. The van der Waals surface area contributed by atoms with Crippen LogP contribution in [0.4, 0.5) is 0 Å². The zero-order valence-electron chi connectivity index (χ0n) is 12.2. The van der Waals surface area contributed by atoms with Gasteiger partial charge in [-0.25, -0.2) is 4.79 Å². The summed E-state index contributed by atoms with van der Waals surface area (Å²) in [5.74, 6) is -0.293. The van der Waals surface area contributed by atoms with Crippen molar-refractivity contribution in [1.29, 1.82) is 0 Å². The van der Waals surface area contributed by atoms with E-state index in [2.05, 4.69) is 42.0 Å². The lowest BCUT2D eigenvalue weighted by atomic mass is 10.1. The highest BCUT2D eigenvalue weighted by atomic mass is 16.5. The largest absolute Gasteiger partial charge is 0.465 e. The zero-order valence-corrected chi connectivity index (χ0v) is 12.2. The molecule has 0 spiro atoms. The molecule has 0 saturated heterocycles. The Labute approximate surface area is 123 Å². The Morgan fingerprint density at radius 1 is 1.10 bits per heavy atom. The Bertz CT molecular complexity index is 802. The number of carbonyl (C=O) groups is 1. The number of aryl methyl sites for hydroxylation is 1. The van der Waals surface area contributed by atoms with E-state index in [4.69, 9.17) is 4.74 Å². The highest BCUT2D eigenvalue weighted by Gasteiger charge is 2.12. The number of hydrogen-bond donors (Lipinski definition) is 0. The number of aromatic nitrogens is 1. The molecule has 0 amide bonds. The van der Waals surface area contributed by atoms with Crippen molar-refractivity contribution in [1.82, 2.24) is 4.57 Å². The topological polar surface area (TPSA) is 31.2 Å². The molecule has 0 aliphatic carbocycles. The molecule has 3 heteroatoms. The van der Waals surface area contributed by atoms with Crippen molar-refractivity contribution < 1.29 is 9.53 Å². The third kappa shape index (κ3) is 2.42. The Balaban J connectivity index is 2.04. The van der Waals surface area contributed by atoms with Gasteiger partial charge in [-0.05, 0) is 36.2 Å². The van der Waals surface area contributed by atoms with Crippen LogP contribution in [0, 0.1) is 6.92 Å². The van der Waals surface area contributed by atoms with E-state index in [1.165, 1.54) is 23.6 Å². The van der Waals surface area contributed by atoms with E-state index < -0.39 is 0 Å². The molecule has 0 saturated carbocycles. The first-order valence-corrected chi connectivity index (χ1v) is 6.91. The Morgan fingerprint density at radius 2 is 1.90 bits per heavy atom. The highest BCUT2D eigenvalue weighted by Crippen LogP contribution is 2.21. The summed E-state index contributed by atoms with van der Waals surface area (Å²) < 4.78 is 7.01. The number of carbonyl (C=O) groups excluding carboxylic acids is 1. The predicted molar refractivity (Wildman–Crippen MR) is 83.6 cm³/mol. The molecule has 2 aromatic carbocycles. The van der Waals surface area contributed by atoms with Gasteiger partial charge in [0.25, 0.3) is 0 Å². The number of nitrogens with zero attached hydrogens (tertiary/aromatic N) is 1. The summed E-state index contributed by atoms with van der Waals surface area (Å²) >= 11 is 0. The van der Waals surface area contributed by atoms with Crippen LogP contribution in [0.15, 0.2) is 54.7 Å². The molecule has 0 fully saturated rings. The molecule has 0 bridgehead atoms. The summed E-state index contributed by atoms with van der Waals surface area (Å²) in [5.41, 5.74) is 4.01. The Kier molecular flexibility index (Phi) is 3.48. The first-order valence-electron chi connectivity index (χ1n) is 6.91. The minimum atomic E-state index is -0.293. The molecular weight excluding hydrogens is 262 g/mol. The maximum atomic E-state index is 11.8. The lowest BCUT2D eigenvalue weighted by molar-refractivity contribution is 0.0599. The number of hydrogen-bond acceptors (Lipinski definition) is 2. The van der Waals surface area contributed by atoms with Gasteiger partial charge in [0.15, 0.2) is 0 Å². The van der Waals surface area contributed by atoms with Gasteiger partial charge in [0.05, 0.1) is 12.7 Å². The van der Waals surface area contributed by atoms with Gasteiger partial charge >= 0.3 is 5.97 Å². The molecule has 3 aromatic rings. The molecule has 0 N–H and O–H groups in total. The maximum Gasteiger partial charge on any atom is 0.338 e. The fourth-order valence-electron chi connectivity index (χ4n) is 2.67. The van der Waals surface area contributed by atoms with Gasteiger partial charge in [-0.15, -0.1) is 0 Å². The first kappa shape index (κ1) is 13.4. The van der Waals surface area contributed by atoms with Gasteiger partial charge in [0, 0.05) is 23.6 Å². The zero-order chi connectivity index (χ0) is 14.8. The van der Waals surface area contributed by atoms with Crippen molar-refractivity contribution in [2.75, 3.05) is 7.11 Å². The highest BCUT2D eigenvalue weighted by molar-refractivity contribution is 5.91. The first-order chi connectivity index (χ1) is 10.2. The van der Waals surface area contributed by atoms with E-state index in [0.717, 1.165) is 5.56 Å². The molecule has 21 heavy (non-hydrogen) atoms. The Hall–Kier alpha value is -2.55. The lowest BCUT2D eigenvalue weighted by Crippen LogP contribution is -2.08. The van der Waals surface area contributed by atoms with E-state index in [0.29, 0.717) is 12.1 Å². The molecule has 3 rings (SSSR count). The molecule has 1 aromatic heterocycles. The van der Waals surface area contributed by atoms with Crippen LogP contribution in [0.3, 0.4) is 0 Å². The maximum absolute atomic E-state index is 11.8. The van der Waals surface area contributed by atoms with Crippen molar-refractivity contribution in [2.24, 2.45) is 0 Å². The minimum absolute atomic E-state index is 0.293. The molecule has 0 unspecified atom stereocenters. The van der Waals surface area contributed by atoms with E-state index in [-0.39, 0.29) is 5.97 Å². The van der Waals surface area contributed by atoms with E-state index in [9.17, 15) is 4.79 Å². The summed E-state index contributed by atoms with van der Waals surface area (Å²) in [5, 5.41) is 1.24. The fraction of sp³-hybridized carbons (Fsp3) is 0.167. The SMILES string of the molecule is COC(=O)c1ccccc1Cn1ccc2c(C)cccc21. The van der Waals surface area contributed by atoms with Crippen LogP contribution in [0.2, 0.25) is 0 Å². The fourth-order valence-corrected chi connectivity index (χ4v) is 2.67. The van der Waals surface area contributed by atoms with Crippen molar-refractivity contribution in [2.45, 2.75) is 13.5 Å². The molecule has 1 heterocycles. The second-order valence-corrected chi connectivity index (χ2v) is 5.10. The molecule has 0 aliphatic rings. The third-order valence-electron chi connectivity index (χ3n) is 3.80. The normalized spacial score (nSPS) is 10.8. The van der Waals surface area contributed by atoms with Crippen LogP contribution in [-0.4, -0.2) is 17.6 Å². The predicted octanol–water partition coefficient (Wildman–Crippen LogP) is 3.78. The molecule has 0 radical (unpaired) electrons. The number of fused-ring (bicyclic) bond motifs is 1. The third-order valence-corrected chi connectivity index (χ3v) is 3.80. The van der Waals surface area contributed by atoms with Crippen molar-refractivity contribution in [3.05, 3.63) is 71.4 Å². The quantitative estimate of drug-likeness (QED) is 0.683. The molecule has 0 aliphatic heterocycles. The average molecular weight is 279 g/mol. The number of benzene rings is 2. The van der Waals surface area contributed by atoms with Gasteiger partial charge in [-0.1, -0.05) is 30.3 Å². The van der Waals surface area contributed by atoms with Crippen LogP contribution in [-0.2, 0) is 11.3 Å². The molecule has 3 nitrogen and oxygen atoms in total. The Morgan fingerprint density at radius 3 is 2.71 bits per heavy atom. The second kappa shape index (κ2) is 5.44. The molecule has 106 valence electrons. The summed E-state index contributed by atoms with van der Waals surface area (Å²) in [7, 11) is 1.41. The van der Waals surface area contributed by atoms with E-state index in [1.54, 1.807) is 6.07 Å². The van der Waals surface area contributed by atoms with Gasteiger partial charge in [-0.3, -0.25) is 0 Å². The van der Waals surface area contributed by atoms with Crippen molar-refractivity contribution >= 4 is 16.9 Å². The van der Waals surface area contributed by atoms with Gasteiger partial charge in [0.2, 0.25) is 0 Å². The number of ether oxygens (including phenoxy) is 1. The second-order valence-electron chi connectivity index (χ2n) is 5.10. The summed E-state index contributed by atoms with van der Waals surface area (Å²) in [4.78, 5) is 11.8. The number of esters is 1. The van der Waals surface area contributed by atoms with Crippen LogP contribution in [0.5, 0.6) is 0 Å². The standard InChI is InChI=1S/C18H17NO2/c1-13-6-5-9-17-15(13)10-11-19(17)12-14-7-3-4-8-16(14)18(20)21-2/h3-11H,12H2,1-2H3. The summed E-state index contributed by atoms with van der Waals surface area (Å²) in [6.45, 7) is 2.76. The van der Waals surface area contributed by atoms with Crippen LogP contribution in [0.1, 0.15) is 21.5 Å². The van der Waals surface area contributed by atoms with Gasteiger partial charge in [0.1, 0.15) is 0 Å².